The van der Waals surface area contributed by atoms with Crippen molar-refractivity contribution in [2.45, 2.75) is 90.7 Å². The highest BCUT2D eigenvalue weighted by Gasteiger charge is 2.59. The molecule has 36 heavy (non-hydrogen) atoms. The first-order valence-corrected chi connectivity index (χ1v) is 13.6. The van der Waals surface area contributed by atoms with Crippen molar-refractivity contribution in [1.82, 2.24) is 4.90 Å². The quantitative estimate of drug-likeness (QED) is 0.558. The Hall–Kier alpha value is -2.22. The zero-order chi connectivity index (χ0) is 25.8. The number of hydrogen-bond acceptors (Lipinski definition) is 6. The van der Waals surface area contributed by atoms with Crippen LogP contribution in [0.3, 0.4) is 0 Å². The van der Waals surface area contributed by atoms with Crippen LogP contribution in [0.15, 0.2) is 16.8 Å². The predicted octanol–water partition coefficient (Wildman–Crippen LogP) is 3.57. The molecule has 5 rings (SSSR count). The van der Waals surface area contributed by atoms with Gasteiger partial charge < -0.3 is 20.0 Å². The number of aliphatic hydroxyl groups excluding tert-OH is 1. The van der Waals surface area contributed by atoms with Gasteiger partial charge in [-0.25, -0.2) is 4.79 Å². The molecule has 8 atom stereocenters. The highest BCUT2D eigenvalue weighted by atomic mass is 16.6. The molecule has 4 fully saturated rings. The maximum atomic E-state index is 12.5. The lowest BCUT2D eigenvalue weighted by Crippen LogP contribution is -2.51. The Balaban J connectivity index is 1.24. The van der Waals surface area contributed by atoms with Crippen molar-refractivity contribution in [3.8, 4) is 0 Å². The number of allylic oxidation sites excluding steroid dienone is 2. The van der Waals surface area contributed by atoms with Crippen LogP contribution in [0.5, 0.6) is 0 Å². The van der Waals surface area contributed by atoms with E-state index in [4.69, 9.17) is 4.84 Å². The summed E-state index contributed by atoms with van der Waals surface area (Å²) in [5, 5.41) is 23.3. The number of fused-ring (bicyclic) bond motifs is 5. The Morgan fingerprint density at radius 2 is 1.89 bits per heavy atom. The van der Waals surface area contributed by atoms with Crippen LogP contribution in [0, 0.1) is 34.5 Å². The van der Waals surface area contributed by atoms with E-state index in [2.05, 4.69) is 25.1 Å². The number of aliphatic hydroxyl groups is 1. The minimum Gasteiger partial charge on any atom is -0.480 e. The van der Waals surface area contributed by atoms with E-state index in [-0.39, 0.29) is 36.3 Å². The van der Waals surface area contributed by atoms with Gasteiger partial charge in [0.25, 0.3) is 5.91 Å². The van der Waals surface area contributed by atoms with Gasteiger partial charge in [-0.15, -0.1) is 0 Å². The molecule has 0 radical (unpaired) electrons. The van der Waals surface area contributed by atoms with Crippen LogP contribution in [0.2, 0.25) is 0 Å². The third-order valence-corrected chi connectivity index (χ3v) is 10.7. The third kappa shape index (κ3) is 4.09. The molecular weight excluding hydrogens is 460 g/mol. The molecule has 1 saturated heterocycles. The number of carboxylic acids is 1. The standard InChI is InChI=1S/C28H40N2O6/c1-16(31)21-6-7-22-20-5-4-17-12-18(8-10-27(17,2)23(20)9-11-28(21,22)3)29-36-15-25(33)30-14-19(32)13-24(30)26(34)35/h12,19-24,32H,4-11,13-15H2,1-3H3,(H,34,35)/b29-18-/t19-,20+,21+,22-,23-,24+,27+,28-/m1/s1. The van der Waals surface area contributed by atoms with Crippen LogP contribution in [0.25, 0.3) is 0 Å². The first-order valence-electron chi connectivity index (χ1n) is 13.6. The molecule has 8 heteroatoms. The molecule has 0 unspecified atom stereocenters. The van der Waals surface area contributed by atoms with Crippen LogP contribution in [-0.4, -0.2) is 63.8 Å². The molecule has 0 aromatic carbocycles. The maximum Gasteiger partial charge on any atom is 0.326 e. The van der Waals surface area contributed by atoms with Crippen LogP contribution in [0.4, 0.5) is 0 Å². The molecule has 4 aliphatic carbocycles. The summed E-state index contributed by atoms with van der Waals surface area (Å²) in [4.78, 5) is 42.8. The molecule has 8 nitrogen and oxygen atoms in total. The number of carboxylic acid groups (broad SMARTS) is 1. The number of likely N-dealkylation sites (tertiary alicyclic amines) is 1. The first-order chi connectivity index (χ1) is 17.0. The van der Waals surface area contributed by atoms with Gasteiger partial charge >= 0.3 is 5.97 Å². The molecule has 3 saturated carbocycles. The van der Waals surface area contributed by atoms with Crippen molar-refractivity contribution in [1.29, 1.82) is 0 Å². The Kier molecular flexibility index (Phi) is 6.54. The molecule has 0 spiro atoms. The number of oxime groups is 1. The maximum absolute atomic E-state index is 12.5. The van der Waals surface area contributed by atoms with Crippen LogP contribution < -0.4 is 0 Å². The summed E-state index contributed by atoms with van der Waals surface area (Å²) >= 11 is 0. The van der Waals surface area contributed by atoms with Crippen molar-refractivity contribution >= 4 is 23.4 Å². The smallest absolute Gasteiger partial charge is 0.326 e. The fraction of sp³-hybridized carbons (Fsp3) is 0.786. The van der Waals surface area contributed by atoms with Gasteiger partial charge in [-0.2, -0.15) is 0 Å². The number of amides is 1. The summed E-state index contributed by atoms with van der Waals surface area (Å²) in [6.45, 7) is 6.26. The van der Waals surface area contributed by atoms with Gasteiger partial charge in [0.05, 0.1) is 11.8 Å². The number of Topliss-reactive ketones (excluding diaryl/α,β-unsaturated/α-hetero) is 1. The van der Waals surface area contributed by atoms with Crippen LogP contribution in [0.1, 0.15) is 78.6 Å². The summed E-state index contributed by atoms with van der Waals surface area (Å²) in [5.41, 5.74) is 2.58. The predicted molar refractivity (Wildman–Crippen MR) is 133 cm³/mol. The molecule has 1 amide bonds. The summed E-state index contributed by atoms with van der Waals surface area (Å²) in [5.74, 6) is 0.982. The van der Waals surface area contributed by atoms with Crippen molar-refractivity contribution < 1.29 is 29.4 Å². The molecule has 1 heterocycles. The van der Waals surface area contributed by atoms with Gasteiger partial charge in [-0.05, 0) is 93.0 Å². The van der Waals surface area contributed by atoms with E-state index in [1.165, 1.54) is 23.3 Å². The van der Waals surface area contributed by atoms with Crippen LogP contribution in [-0.2, 0) is 19.2 Å². The molecule has 2 N–H and O–H groups in total. The topological polar surface area (TPSA) is 117 Å². The van der Waals surface area contributed by atoms with E-state index in [1.807, 2.05) is 0 Å². The average molecular weight is 501 g/mol. The number of carbonyl (C=O) groups is 3. The summed E-state index contributed by atoms with van der Waals surface area (Å²) in [6, 6.07) is -1.01. The Morgan fingerprint density at radius 1 is 1.11 bits per heavy atom. The summed E-state index contributed by atoms with van der Waals surface area (Å²) < 4.78 is 0. The molecule has 0 aromatic heterocycles. The number of nitrogens with zero attached hydrogens (tertiary/aromatic N) is 2. The van der Waals surface area contributed by atoms with Gasteiger partial charge in [0.2, 0.25) is 0 Å². The number of β-amino-alcohol motifs (C(OH)–C–C–N with tert-alkyl or cyclic N) is 1. The fourth-order valence-electron chi connectivity index (χ4n) is 8.89. The summed E-state index contributed by atoms with van der Waals surface area (Å²) in [7, 11) is 0. The van der Waals surface area contributed by atoms with E-state index < -0.39 is 24.0 Å². The minimum atomic E-state index is -1.12. The number of hydrogen-bond donors (Lipinski definition) is 2. The van der Waals surface area contributed by atoms with Gasteiger partial charge in [-0.3, -0.25) is 9.59 Å². The lowest BCUT2D eigenvalue weighted by atomic mass is 9.46. The number of ketones is 1. The van der Waals surface area contributed by atoms with Crippen molar-refractivity contribution in [2.24, 2.45) is 39.7 Å². The second-order valence-corrected chi connectivity index (χ2v) is 12.4. The zero-order valence-corrected chi connectivity index (χ0v) is 21.7. The molecule has 0 aromatic rings. The van der Waals surface area contributed by atoms with Crippen molar-refractivity contribution in [2.75, 3.05) is 13.2 Å². The molecule has 1 aliphatic heterocycles. The van der Waals surface area contributed by atoms with Gasteiger partial charge in [0.15, 0.2) is 6.61 Å². The lowest BCUT2D eigenvalue weighted by Gasteiger charge is -2.58. The molecule has 5 aliphatic rings. The van der Waals surface area contributed by atoms with Gasteiger partial charge in [-0.1, -0.05) is 24.6 Å². The van der Waals surface area contributed by atoms with Crippen molar-refractivity contribution in [3.63, 3.8) is 0 Å². The Bertz CT molecular complexity index is 1010. The van der Waals surface area contributed by atoms with E-state index >= 15 is 0 Å². The Labute approximate surface area is 213 Å². The average Bonchev–Trinajstić information content (AvgIpc) is 3.39. The second kappa shape index (κ2) is 9.26. The SMILES string of the molecule is CC(=O)[C@@H]1CC[C@@H]2[C@@H]3CCC4=C/C(=N\OCC(=O)N5C[C@H](O)C[C@H]5C(=O)O)CC[C@]4(C)[C@@H]3CC[C@@]21C. The molecule has 198 valence electrons. The highest BCUT2D eigenvalue weighted by molar-refractivity contribution is 5.96. The molecule has 0 bridgehead atoms. The monoisotopic (exact) mass is 500 g/mol. The van der Waals surface area contributed by atoms with Crippen molar-refractivity contribution in [3.05, 3.63) is 11.6 Å². The third-order valence-electron chi connectivity index (χ3n) is 10.7. The first kappa shape index (κ1) is 25.4. The largest absolute Gasteiger partial charge is 0.480 e. The normalized spacial score (nSPS) is 42.8. The second-order valence-electron chi connectivity index (χ2n) is 12.4. The van der Waals surface area contributed by atoms with E-state index in [0.717, 1.165) is 44.2 Å². The fourth-order valence-corrected chi connectivity index (χ4v) is 8.89. The number of carbonyl (C=O) groups excluding carboxylic acids is 2. The van der Waals surface area contributed by atoms with E-state index in [1.54, 1.807) is 6.92 Å². The Morgan fingerprint density at radius 3 is 2.61 bits per heavy atom. The number of aliphatic carboxylic acids is 1. The van der Waals surface area contributed by atoms with E-state index in [0.29, 0.717) is 23.5 Å². The number of rotatable bonds is 5. The molecular formula is C28H40N2O6. The lowest BCUT2D eigenvalue weighted by molar-refractivity contribution is -0.150. The van der Waals surface area contributed by atoms with Gasteiger partial charge in [0, 0.05) is 18.9 Å². The van der Waals surface area contributed by atoms with E-state index in [9.17, 15) is 24.6 Å². The van der Waals surface area contributed by atoms with Crippen LogP contribution >= 0.6 is 0 Å². The summed E-state index contributed by atoms with van der Waals surface area (Å²) in [6.07, 6.45) is 9.94. The highest BCUT2D eigenvalue weighted by Crippen LogP contribution is 2.66. The van der Waals surface area contributed by atoms with Gasteiger partial charge in [0.1, 0.15) is 11.8 Å². The zero-order valence-electron chi connectivity index (χ0n) is 21.7. The minimum absolute atomic E-state index is 0.00783.